The van der Waals surface area contributed by atoms with Crippen molar-refractivity contribution in [3.8, 4) is 0 Å². The minimum absolute atomic E-state index is 0.137. The molecule has 8 atom stereocenters. The molecule has 44 heavy (non-hydrogen) atoms. The van der Waals surface area contributed by atoms with Gasteiger partial charge in [-0.3, -0.25) is 18.0 Å². The van der Waals surface area contributed by atoms with Crippen LogP contribution in [0, 0.1) is 13.8 Å². The first kappa shape index (κ1) is 33.3. The smallest absolute Gasteiger partial charge is 0.279 e. The van der Waals surface area contributed by atoms with E-state index in [1.807, 2.05) is 0 Å². The number of anilines is 1. The molecule has 5 unspecified atom stereocenters. The van der Waals surface area contributed by atoms with Gasteiger partial charge in [0.1, 0.15) is 30.2 Å². The molecule has 0 amide bonds. The van der Waals surface area contributed by atoms with Crippen LogP contribution in [0.15, 0.2) is 30.9 Å². The van der Waals surface area contributed by atoms with Crippen molar-refractivity contribution in [3.63, 3.8) is 0 Å². The number of rotatable bonds is 13. The van der Waals surface area contributed by atoms with Gasteiger partial charge in [-0.2, -0.15) is 0 Å². The summed E-state index contributed by atoms with van der Waals surface area (Å²) in [5.41, 5.74) is 7.83. The Morgan fingerprint density at radius 2 is 1.70 bits per heavy atom. The summed E-state index contributed by atoms with van der Waals surface area (Å²) in [5, 5.41) is -0.482. The Hall–Kier alpha value is -2.10. The molecule has 4 heterocycles. The minimum atomic E-state index is -5.98. The Kier molecular flexibility index (Phi) is 9.79. The number of nitrogens with zero attached hydrogens (tertiary/aromatic N) is 4. The van der Waals surface area contributed by atoms with Gasteiger partial charge in [-0.25, -0.2) is 19.3 Å². The molecule has 2 N–H and O–H groups in total. The van der Waals surface area contributed by atoms with Gasteiger partial charge in [-0.15, -0.1) is 0 Å². The first-order chi connectivity index (χ1) is 20.7. The number of aromatic nitrogens is 4. The van der Waals surface area contributed by atoms with Gasteiger partial charge in [-0.05, 0) is 43.9 Å². The monoisotopic (exact) mass is 674 g/mol. The van der Waals surface area contributed by atoms with E-state index in [0.717, 1.165) is 30.9 Å². The number of nitrogens with two attached hydrogens (primary N) is 1. The number of unbranched alkanes of at least 4 members (excludes halogenated alkanes) is 2. The molecule has 0 aliphatic carbocycles. The first-order valence-electron chi connectivity index (χ1n) is 13.7. The van der Waals surface area contributed by atoms with Crippen LogP contribution in [0.25, 0.3) is 11.2 Å². The summed E-state index contributed by atoms with van der Waals surface area (Å²) >= 11 is 0. The van der Waals surface area contributed by atoms with Crippen molar-refractivity contribution in [2.45, 2.75) is 77.3 Å². The van der Waals surface area contributed by atoms with Gasteiger partial charge in [0.25, 0.3) is 15.6 Å². The van der Waals surface area contributed by atoms with Crippen LogP contribution in [0.4, 0.5) is 5.82 Å². The number of phosphoric acid groups is 2. The van der Waals surface area contributed by atoms with Crippen LogP contribution in [0.5, 0.6) is 0 Å². The second-order valence-corrected chi connectivity index (χ2v) is 15.3. The summed E-state index contributed by atoms with van der Waals surface area (Å²) in [6, 6.07) is 3.75. The quantitative estimate of drug-likeness (QED) is 0.199. The third-order valence-electron chi connectivity index (χ3n) is 7.22. The maximum Gasteiger partial charge on any atom is 0.279 e. The van der Waals surface area contributed by atoms with Crippen LogP contribution in [0.1, 0.15) is 50.0 Å². The van der Waals surface area contributed by atoms with Crippen LogP contribution in [0.3, 0.4) is 0 Å². The van der Waals surface area contributed by atoms with E-state index < -0.39 is 66.0 Å². The molecule has 2 aliphatic heterocycles. The van der Waals surface area contributed by atoms with Crippen molar-refractivity contribution in [1.29, 1.82) is 0 Å². The predicted molar refractivity (Wildman–Crippen MR) is 148 cm³/mol. The first-order valence-corrected chi connectivity index (χ1v) is 18.1. The highest BCUT2D eigenvalue weighted by Crippen LogP contribution is 2.62. The van der Waals surface area contributed by atoms with Crippen molar-refractivity contribution < 1.29 is 55.7 Å². The Morgan fingerprint density at radius 3 is 2.43 bits per heavy atom. The second kappa shape index (κ2) is 13.0. The third-order valence-corrected chi connectivity index (χ3v) is 11.9. The van der Waals surface area contributed by atoms with Gasteiger partial charge in [0.15, 0.2) is 31.6 Å². The summed E-state index contributed by atoms with van der Waals surface area (Å²) < 4.78 is 70.2. The van der Waals surface area contributed by atoms with Crippen LogP contribution >= 0.6 is 23.2 Å². The molecule has 2 saturated heterocycles. The molecule has 0 radical (unpaired) electrons. The highest BCUT2D eigenvalue weighted by Gasteiger charge is 2.54. The van der Waals surface area contributed by atoms with Gasteiger partial charge in [0.05, 0.1) is 12.9 Å². The van der Waals surface area contributed by atoms with E-state index in [1.165, 1.54) is 29.4 Å². The van der Waals surface area contributed by atoms with E-state index >= 15 is 0 Å². The van der Waals surface area contributed by atoms with Crippen LogP contribution in [-0.4, -0.2) is 50.7 Å². The average molecular weight is 674 g/mol. The SMILES string of the molecule is CCCCCC1OC2[C@@H](O1)[C@@H](COP(=O)([O-])OP(=O)([O-])OP(=O)([O-])c1ccc(C)c(C)c1)O[C@H]2n1cnc2c(N)ncnc21. The largest absolute Gasteiger partial charge is 0.775 e. The molecule has 242 valence electrons. The van der Waals surface area contributed by atoms with Gasteiger partial charge in [0, 0.05) is 5.30 Å². The van der Waals surface area contributed by atoms with E-state index in [0.29, 0.717) is 23.1 Å². The normalized spacial score (nSPS) is 27.5. The van der Waals surface area contributed by atoms with E-state index in [-0.39, 0.29) is 5.82 Å². The Labute approximate surface area is 252 Å². The molecule has 5 rings (SSSR count). The highest BCUT2D eigenvalue weighted by molar-refractivity contribution is 7.70. The van der Waals surface area contributed by atoms with Crippen molar-refractivity contribution in [3.05, 3.63) is 42.0 Å². The molecule has 20 heteroatoms. The number of nitrogen functional groups attached to an aromatic ring is 1. The fourth-order valence-electron chi connectivity index (χ4n) is 4.91. The van der Waals surface area contributed by atoms with Crippen LogP contribution < -0.4 is 25.7 Å². The zero-order valence-corrected chi connectivity index (χ0v) is 26.6. The molecule has 2 aromatic heterocycles. The summed E-state index contributed by atoms with van der Waals surface area (Å²) in [7, 11) is -17.0. The number of aryl methyl sites for hydroxylation is 2. The minimum Gasteiger partial charge on any atom is -0.775 e. The molecule has 2 fully saturated rings. The van der Waals surface area contributed by atoms with Gasteiger partial charge < -0.3 is 43.7 Å². The van der Waals surface area contributed by atoms with E-state index in [9.17, 15) is 28.4 Å². The summed E-state index contributed by atoms with van der Waals surface area (Å²) in [4.78, 5) is 49.8. The number of hydrogen-bond donors (Lipinski definition) is 1. The number of benzene rings is 1. The number of phosphoric ester groups is 1. The van der Waals surface area contributed by atoms with E-state index in [2.05, 4.69) is 30.5 Å². The number of hydrogen-bond acceptors (Lipinski definition) is 16. The topological polar surface area (TPSA) is 245 Å². The van der Waals surface area contributed by atoms with E-state index in [1.54, 1.807) is 13.8 Å². The molecule has 0 spiro atoms. The van der Waals surface area contributed by atoms with Gasteiger partial charge >= 0.3 is 0 Å². The number of ether oxygens (including phenoxy) is 3. The fourth-order valence-corrected chi connectivity index (χ4v) is 8.84. The average Bonchev–Trinajstić information content (AvgIpc) is 3.62. The lowest BCUT2D eigenvalue weighted by Crippen LogP contribution is -2.32. The molecule has 17 nitrogen and oxygen atoms in total. The number of fused-ring (bicyclic) bond motifs is 2. The standard InChI is InChI=1S/C24H34N5O12P3/c1-4-5-6-7-18-38-20-17(37-24(21(20)39-18)29-13-28-19-22(25)26-12-27-23(19)29)11-36-43(32,33)41-44(34,35)40-42(30,31)16-9-8-14(2)15(3)10-16/h8-10,12-13,17-18,20-21,24H,4-7,11H2,1-3H3,(H,30,31)(H,32,33)(H,34,35)(H2,25,26,27)/p-3/t17-,18?,20+,21?,24-/m1/s1. The Balaban J connectivity index is 1.29. The van der Waals surface area contributed by atoms with Crippen LogP contribution in [0.2, 0.25) is 0 Å². The lowest BCUT2D eigenvalue weighted by molar-refractivity contribution is -0.246. The lowest BCUT2D eigenvalue weighted by atomic mass is 10.1. The van der Waals surface area contributed by atoms with Crippen molar-refractivity contribution >= 4 is 45.5 Å². The summed E-state index contributed by atoms with van der Waals surface area (Å²) in [6.07, 6.45) is 1.74. The highest BCUT2D eigenvalue weighted by atomic mass is 31.3. The van der Waals surface area contributed by atoms with Crippen molar-refractivity contribution in [1.82, 2.24) is 19.5 Å². The fraction of sp³-hybridized carbons (Fsp3) is 0.542. The predicted octanol–water partition coefficient (Wildman–Crippen LogP) is 1.48. The molecule has 0 bridgehead atoms. The van der Waals surface area contributed by atoms with Gasteiger partial charge in [-0.1, -0.05) is 31.9 Å². The van der Waals surface area contributed by atoms with Crippen molar-refractivity contribution in [2.75, 3.05) is 12.3 Å². The number of imidazole rings is 1. The molecular formula is C24H31N5O12P3-3. The van der Waals surface area contributed by atoms with Gasteiger partial charge in [0.2, 0.25) is 0 Å². The molecule has 3 aromatic rings. The lowest BCUT2D eigenvalue weighted by Gasteiger charge is -2.35. The molecule has 1 aromatic carbocycles. The maximum atomic E-state index is 12.5. The molecule has 0 saturated carbocycles. The van der Waals surface area contributed by atoms with Crippen LogP contribution in [-0.2, 0) is 41.1 Å². The second-order valence-electron chi connectivity index (χ2n) is 10.4. The summed E-state index contributed by atoms with van der Waals surface area (Å²) in [5.74, 6) is 0.137. The summed E-state index contributed by atoms with van der Waals surface area (Å²) in [6.45, 7) is 4.61. The Morgan fingerprint density at radius 1 is 0.955 bits per heavy atom. The Bertz CT molecular complexity index is 1660. The zero-order chi connectivity index (χ0) is 31.9. The molecular weight excluding hydrogens is 643 g/mol. The zero-order valence-electron chi connectivity index (χ0n) is 23.9. The maximum absolute atomic E-state index is 12.5. The third kappa shape index (κ3) is 7.31. The van der Waals surface area contributed by atoms with E-state index in [4.69, 9.17) is 24.5 Å². The molecule has 2 aliphatic rings. The van der Waals surface area contributed by atoms with Crippen molar-refractivity contribution in [2.24, 2.45) is 0 Å².